The second kappa shape index (κ2) is 6.28. The highest BCUT2D eigenvalue weighted by molar-refractivity contribution is 7.92. The van der Waals surface area contributed by atoms with E-state index in [1.54, 1.807) is 25.1 Å². The van der Waals surface area contributed by atoms with Gasteiger partial charge in [0.1, 0.15) is 0 Å². The van der Waals surface area contributed by atoms with Crippen LogP contribution < -0.4 is 10.0 Å². The minimum Gasteiger partial charge on any atom is -0.339 e. The van der Waals surface area contributed by atoms with E-state index in [1.807, 2.05) is 19.1 Å². The van der Waals surface area contributed by atoms with Gasteiger partial charge in [-0.3, -0.25) is 4.72 Å². The van der Waals surface area contributed by atoms with Crippen molar-refractivity contribution in [1.82, 2.24) is 10.2 Å². The summed E-state index contributed by atoms with van der Waals surface area (Å²) >= 11 is 6.04. The second-order valence-electron chi connectivity index (χ2n) is 4.40. The summed E-state index contributed by atoms with van der Waals surface area (Å²) in [5, 5.41) is 11.4. The topological polar surface area (TPSA) is 84.0 Å². The molecule has 1 heterocycles. The van der Waals surface area contributed by atoms with Crippen molar-refractivity contribution in [3.63, 3.8) is 0 Å². The molecular weight excluding hydrogens is 312 g/mol. The van der Waals surface area contributed by atoms with E-state index >= 15 is 0 Å². The molecule has 8 heteroatoms. The van der Waals surface area contributed by atoms with Crippen LogP contribution in [-0.4, -0.2) is 24.4 Å². The molecule has 0 saturated heterocycles. The first-order chi connectivity index (χ1) is 9.89. The number of rotatable bonds is 5. The van der Waals surface area contributed by atoms with E-state index in [-0.39, 0.29) is 11.6 Å². The van der Waals surface area contributed by atoms with Crippen molar-refractivity contribution >= 4 is 38.9 Å². The van der Waals surface area contributed by atoms with Crippen LogP contribution in [0.2, 0.25) is 5.02 Å². The molecule has 2 aromatic rings. The van der Waals surface area contributed by atoms with E-state index in [0.717, 1.165) is 11.3 Å². The Bertz CT molecular complexity index is 732. The first kappa shape index (κ1) is 15.5. The fourth-order valence-electron chi connectivity index (χ4n) is 1.50. The molecule has 0 saturated carbocycles. The number of hydrogen-bond acceptors (Lipinski definition) is 5. The molecule has 112 valence electrons. The van der Waals surface area contributed by atoms with E-state index in [9.17, 15) is 8.42 Å². The van der Waals surface area contributed by atoms with Gasteiger partial charge in [0.15, 0.2) is 11.6 Å². The van der Waals surface area contributed by atoms with Crippen molar-refractivity contribution in [2.45, 2.75) is 13.8 Å². The Morgan fingerprint density at radius 3 is 2.38 bits per heavy atom. The third kappa shape index (κ3) is 4.30. The Balaban J connectivity index is 2.10. The van der Waals surface area contributed by atoms with Crippen molar-refractivity contribution in [3.05, 3.63) is 40.9 Å². The fraction of sp³-hybridized carbons (Fsp3) is 0.231. The summed E-state index contributed by atoms with van der Waals surface area (Å²) in [6, 6.07) is 8.72. The quantitative estimate of drug-likeness (QED) is 0.882. The lowest BCUT2D eigenvalue weighted by molar-refractivity contribution is 0.602. The summed E-state index contributed by atoms with van der Waals surface area (Å²) in [4.78, 5) is 0. The second-order valence-corrected chi connectivity index (χ2v) is 6.82. The minimum atomic E-state index is -3.35. The summed E-state index contributed by atoms with van der Waals surface area (Å²) in [6.45, 7) is 3.47. The van der Waals surface area contributed by atoms with E-state index in [0.29, 0.717) is 10.8 Å². The summed E-state index contributed by atoms with van der Waals surface area (Å²) in [7, 11) is -3.35. The Hall–Kier alpha value is -1.86. The van der Waals surface area contributed by atoms with Crippen LogP contribution in [0.25, 0.3) is 0 Å². The van der Waals surface area contributed by atoms with Crippen molar-refractivity contribution in [2.75, 3.05) is 15.8 Å². The highest BCUT2D eigenvalue weighted by Gasteiger charge is 2.08. The van der Waals surface area contributed by atoms with Crippen molar-refractivity contribution < 1.29 is 8.42 Å². The van der Waals surface area contributed by atoms with Gasteiger partial charge >= 0.3 is 0 Å². The zero-order valence-corrected chi connectivity index (χ0v) is 13.2. The lowest BCUT2D eigenvalue weighted by Crippen LogP contribution is -2.15. The Morgan fingerprint density at radius 2 is 1.81 bits per heavy atom. The van der Waals surface area contributed by atoms with Gasteiger partial charge in [-0.1, -0.05) is 17.7 Å². The highest BCUT2D eigenvalue weighted by atomic mass is 35.5. The van der Waals surface area contributed by atoms with Gasteiger partial charge in [0, 0.05) is 10.7 Å². The van der Waals surface area contributed by atoms with Gasteiger partial charge in [-0.25, -0.2) is 8.42 Å². The largest absolute Gasteiger partial charge is 0.339 e. The number of anilines is 3. The molecule has 0 aliphatic rings. The van der Waals surface area contributed by atoms with Crippen LogP contribution in [0.15, 0.2) is 30.3 Å². The molecule has 0 aliphatic carbocycles. The zero-order valence-electron chi connectivity index (χ0n) is 11.6. The lowest BCUT2D eigenvalue weighted by atomic mass is 10.2. The molecule has 0 atom stereocenters. The van der Waals surface area contributed by atoms with Crippen LogP contribution in [-0.2, 0) is 10.0 Å². The third-order valence-electron chi connectivity index (χ3n) is 2.75. The lowest BCUT2D eigenvalue weighted by Gasteiger charge is -2.08. The first-order valence-corrected chi connectivity index (χ1v) is 8.30. The first-order valence-electron chi connectivity index (χ1n) is 6.27. The van der Waals surface area contributed by atoms with Gasteiger partial charge in [0.05, 0.1) is 5.75 Å². The molecule has 0 amide bonds. The van der Waals surface area contributed by atoms with Crippen molar-refractivity contribution in [3.8, 4) is 0 Å². The fourth-order valence-corrected chi connectivity index (χ4v) is 2.26. The number of hydrogen-bond donors (Lipinski definition) is 2. The SMILES string of the molecule is CCS(=O)(=O)Nc1ccc(Nc2ccc(C)c(Cl)c2)nn1. The van der Waals surface area contributed by atoms with Crippen LogP contribution in [0.1, 0.15) is 12.5 Å². The maximum Gasteiger partial charge on any atom is 0.233 e. The highest BCUT2D eigenvalue weighted by Crippen LogP contribution is 2.22. The van der Waals surface area contributed by atoms with Crippen LogP contribution in [0.5, 0.6) is 0 Å². The Labute approximate surface area is 128 Å². The van der Waals surface area contributed by atoms with E-state index in [1.165, 1.54) is 0 Å². The summed E-state index contributed by atoms with van der Waals surface area (Å²) in [6.07, 6.45) is 0. The molecular formula is C13H15ClN4O2S. The Morgan fingerprint density at radius 1 is 1.14 bits per heavy atom. The van der Waals surface area contributed by atoms with Crippen LogP contribution >= 0.6 is 11.6 Å². The van der Waals surface area contributed by atoms with Crippen LogP contribution in [0.4, 0.5) is 17.3 Å². The monoisotopic (exact) mass is 326 g/mol. The number of halogens is 1. The summed E-state index contributed by atoms with van der Waals surface area (Å²) in [5.41, 5.74) is 1.76. The molecule has 1 aromatic carbocycles. The maximum absolute atomic E-state index is 11.4. The molecule has 2 N–H and O–H groups in total. The van der Waals surface area contributed by atoms with Gasteiger partial charge in [-0.15, -0.1) is 10.2 Å². The van der Waals surface area contributed by atoms with Crippen molar-refractivity contribution in [2.24, 2.45) is 0 Å². The van der Waals surface area contributed by atoms with Crippen LogP contribution in [0.3, 0.4) is 0 Å². The molecule has 0 fully saturated rings. The molecule has 1 aromatic heterocycles. The minimum absolute atomic E-state index is 0.0173. The van der Waals surface area contributed by atoms with E-state index < -0.39 is 10.0 Å². The number of benzene rings is 1. The van der Waals surface area contributed by atoms with Gasteiger partial charge in [0.2, 0.25) is 10.0 Å². The normalized spacial score (nSPS) is 11.2. The summed E-state index contributed by atoms with van der Waals surface area (Å²) < 4.78 is 25.1. The molecule has 0 aliphatic heterocycles. The Kier molecular flexibility index (Phi) is 4.64. The van der Waals surface area contributed by atoms with Gasteiger partial charge in [-0.05, 0) is 43.7 Å². The zero-order chi connectivity index (χ0) is 15.5. The molecule has 2 rings (SSSR count). The van der Waals surface area contributed by atoms with E-state index in [4.69, 9.17) is 11.6 Å². The van der Waals surface area contributed by atoms with Gasteiger partial charge in [0.25, 0.3) is 0 Å². The maximum atomic E-state index is 11.4. The number of aromatic nitrogens is 2. The average Bonchev–Trinajstić information content (AvgIpc) is 2.45. The van der Waals surface area contributed by atoms with Gasteiger partial charge in [-0.2, -0.15) is 0 Å². The number of sulfonamides is 1. The number of nitrogens with one attached hydrogen (secondary N) is 2. The molecule has 0 unspecified atom stereocenters. The third-order valence-corrected chi connectivity index (χ3v) is 4.44. The molecule has 0 radical (unpaired) electrons. The van der Waals surface area contributed by atoms with E-state index in [2.05, 4.69) is 20.2 Å². The smallest absolute Gasteiger partial charge is 0.233 e. The predicted octanol–water partition coefficient (Wildman–Crippen LogP) is 2.94. The van der Waals surface area contributed by atoms with Crippen LogP contribution in [0, 0.1) is 6.92 Å². The van der Waals surface area contributed by atoms with Crippen molar-refractivity contribution in [1.29, 1.82) is 0 Å². The summed E-state index contributed by atoms with van der Waals surface area (Å²) in [5.74, 6) is 0.662. The molecule has 6 nitrogen and oxygen atoms in total. The molecule has 0 bridgehead atoms. The van der Waals surface area contributed by atoms with Gasteiger partial charge < -0.3 is 5.32 Å². The molecule has 0 spiro atoms. The standard InChI is InChI=1S/C13H15ClN4O2S/c1-3-21(19,20)18-13-7-6-12(16-17-13)15-10-5-4-9(2)11(14)8-10/h4-8H,3H2,1-2H3,(H,15,16)(H,17,18). The average molecular weight is 327 g/mol. The number of nitrogens with zero attached hydrogens (tertiary/aromatic N) is 2. The molecule has 21 heavy (non-hydrogen) atoms. The predicted molar refractivity (Wildman–Crippen MR) is 84.6 cm³/mol. The number of aryl methyl sites for hydroxylation is 1.